The molecule has 4 aliphatic rings. The van der Waals surface area contributed by atoms with Crippen LogP contribution in [-0.4, -0.2) is 11.1 Å². The van der Waals surface area contributed by atoms with Crippen molar-refractivity contribution in [2.45, 2.75) is 105 Å². The lowest BCUT2D eigenvalue weighted by atomic mass is 9.47. The quantitative estimate of drug-likeness (QED) is 0.469. The van der Waals surface area contributed by atoms with Crippen LogP contribution in [0.2, 0.25) is 0 Å². The van der Waals surface area contributed by atoms with E-state index in [-0.39, 0.29) is 5.92 Å². The monoisotopic (exact) mass is 400 g/mol. The van der Waals surface area contributed by atoms with Crippen molar-refractivity contribution in [1.82, 2.24) is 0 Å². The molecule has 4 aliphatic carbocycles. The third kappa shape index (κ3) is 3.61. The van der Waals surface area contributed by atoms with E-state index in [1.165, 1.54) is 64.2 Å². The Morgan fingerprint density at radius 1 is 1.10 bits per heavy atom. The Morgan fingerprint density at radius 2 is 1.90 bits per heavy atom. The van der Waals surface area contributed by atoms with Gasteiger partial charge in [0.15, 0.2) is 0 Å². The number of allylic oxidation sites excluding steroid dienone is 2. The van der Waals surface area contributed by atoms with Gasteiger partial charge in [-0.05, 0) is 98.2 Å². The summed E-state index contributed by atoms with van der Waals surface area (Å²) in [4.78, 5) is 11.1. The zero-order chi connectivity index (χ0) is 20.8. The highest BCUT2D eigenvalue weighted by Gasteiger charge is 2.58. The highest BCUT2D eigenvalue weighted by molar-refractivity contribution is 5.69. The fraction of sp³-hybridized carbons (Fsp3) is 0.889. The fourth-order valence-electron chi connectivity index (χ4n) is 8.74. The summed E-state index contributed by atoms with van der Waals surface area (Å²) in [6.07, 6.45) is 18.6. The first kappa shape index (κ1) is 21.4. The van der Waals surface area contributed by atoms with Gasteiger partial charge >= 0.3 is 5.97 Å². The molecule has 0 saturated heterocycles. The number of fused-ring (bicyclic) bond motifs is 5. The predicted octanol–water partition coefficient (Wildman–Crippen LogP) is 7.48. The minimum absolute atomic E-state index is 0.191. The third-order valence-corrected chi connectivity index (χ3v) is 10.5. The van der Waals surface area contributed by atoms with Crippen molar-refractivity contribution in [3.05, 3.63) is 11.6 Å². The summed E-state index contributed by atoms with van der Waals surface area (Å²) in [7, 11) is 0. The van der Waals surface area contributed by atoms with Gasteiger partial charge in [-0.1, -0.05) is 58.6 Å². The molecule has 3 fully saturated rings. The van der Waals surface area contributed by atoms with Gasteiger partial charge in [-0.2, -0.15) is 0 Å². The van der Waals surface area contributed by atoms with Crippen LogP contribution >= 0.6 is 0 Å². The van der Waals surface area contributed by atoms with Crippen molar-refractivity contribution < 1.29 is 9.90 Å². The molecule has 0 amide bonds. The number of carboxylic acids is 1. The highest BCUT2D eigenvalue weighted by atomic mass is 16.4. The Morgan fingerprint density at radius 3 is 2.66 bits per heavy atom. The van der Waals surface area contributed by atoms with Crippen molar-refractivity contribution >= 4 is 5.97 Å². The molecule has 3 saturated carbocycles. The van der Waals surface area contributed by atoms with E-state index in [0.29, 0.717) is 10.8 Å². The SMILES string of the molecule is CC(CCC[C@@H](C)[C@H]1CCC2C3CC=C4CCCC[C@]4(C)C3CC[C@@]21C)C(=O)O. The Balaban J connectivity index is 1.44. The number of carboxylic acid groups (broad SMARTS) is 1. The van der Waals surface area contributed by atoms with Crippen molar-refractivity contribution in [2.24, 2.45) is 46.3 Å². The highest BCUT2D eigenvalue weighted by Crippen LogP contribution is 2.67. The van der Waals surface area contributed by atoms with Crippen LogP contribution in [0.4, 0.5) is 0 Å². The number of aliphatic carboxylic acids is 1. The number of hydrogen-bond donors (Lipinski definition) is 1. The molecular weight excluding hydrogens is 356 g/mol. The molecule has 164 valence electrons. The largest absolute Gasteiger partial charge is 0.481 e. The minimum atomic E-state index is -0.634. The summed E-state index contributed by atoms with van der Waals surface area (Å²) >= 11 is 0. The molecule has 1 N–H and O–H groups in total. The maximum atomic E-state index is 11.1. The first-order chi connectivity index (χ1) is 13.8. The molecule has 0 aliphatic heterocycles. The molecule has 4 unspecified atom stereocenters. The van der Waals surface area contributed by atoms with Gasteiger partial charge in [0.05, 0.1) is 5.92 Å². The van der Waals surface area contributed by atoms with Gasteiger partial charge in [0.1, 0.15) is 0 Å². The van der Waals surface area contributed by atoms with Gasteiger partial charge in [-0.15, -0.1) is 0 Å². The molecule has 0 aromatic heterocycles. The van der Waals surface area contributed by atoms with Gasteiger partial charge in [0, 0.05) is 0 Å². The van der Waals surface area contributed by atoms with Crippen LogP contribution in [0.15, 0.2) is 11.6 Å². The van der Waals surface area contributed by atoms with E-state index in [1.54, 1.807) is 0 Å². The number of rotatable bonds is 6. The van der Waals surface area contributed by atoms with Crippen molar-refractivity contribution in [3.63, 3.8) is 0 Å². The van der Waals surface area contributed by atoms with Gasteiger partial charge < -0.3 is 5.11 Å². The molecule has 8 atom stereocenters. The molecule has 4 rings (SSSR count). The normalized spacial score (nSPS) is 43.5. The van der Waals surface area contributed by atoms with Gasteiger partial charge in [-0.3, -0.25) is 4.79 Å². The van der Waals surface area contributed by atoms with Crippen LogP contribution < -0.4 is 0 Å². The average molecular weight is 401 g/mol. The number of carbonyl (C=O) groups is 1. The third-order valence-electron chi connectivity index (χ3n) is 10.5. The van der Waals surface area contributed by atoms with Crippen LogP contribution in [0.25, 0.3) is 0 Å². The molecule has 0 radical (unpaired) electrons. The van der Waals surface area contributed by atoms with Gasteiger partial charge in [0.2, 0.25) is 0 Å². The summed E-state index contributed by atoms with van der Waals surface area (Å²) in [5.74, 6) is 3.54. The summed E-state index contributed by atoms with van der Waals surface area (Å²) in [6.45, 7) is 9.59. The molecule has 0 aromatic rings. The zero-order valence-corrected chi connectivity index (χ0v) is 19.4. The van der Waals surface area contributed by atoms with Crippen molar-refractivity contribution in [1.29, 1.82) is 0 Å². The smallest absolute Gasteiger partial charge is 0.306 e. The molecular formula is C27H44O2. The van der Waals surface area contributed by atoms with E-state index >= 15 is 0 Å². The second-order valence-electron chi connectivity index (χ2n) is 11.8. The molecule has 29 heavy (non-hydrogen) atoms. The maximum Gasteiger partial charge on any atom is 0.306 e. The lowest BCUT2D eigenvalue weighted by Gasteiger charge is -2.58. The average Bonchev–Trinajstić information content (AvgIpc) is 3.04. The Kier molecular flexibility index (Phi) is 5.95. The number of hydrogen-bond acceptors (Lipinski definition) is 1. The van der Waals surface area contributed by atoms with E-state index in [9.17, 15) is 4.79 Å². The van der Waals surface area contributed by atoms with Crippen LogP contribution in [0, 0.1) is 46.3 Å². The first-order valence-electron chi connectivity index (χ1n) is 12.7. The van der Waals surface area contributed by atoms with E-state index < -0.39 is 5.97 Å². The van der Waals surface area contributed by atoms with E-state index in [0.717, 1.165) is 42.4 Å². The maximum absolute atomic E-state index is 11.1. The minimum Gasteiger partial charge on any atom is -0.481 e. The van der Waals surface area contributed by atoms with Gasteiger partial charge in [-0.25, -0.2) is 0 Å². The van der Waals surface area contributed by atoms with Crippen molar-refractivity contribution in [3.8, 4) is 0 Å². The molecule has 0 bridgehead atoms. The Bertz CT molecular complexity index is 651. The molecule has 0 aromatic carbocycles. The Labute approximate surface area is 178 Å². The van der Waals surface area contributed by atoms with Crippen molar-refractivity contribution in [2.75, 3.05) is 0 Å². The standard InChI is InChI=1S/C27H44O2/c1-18(8-7-9-19(2)25(28)29)22-13-14-23-21-12-11-20-10-5-6-16-26(20,3)24(21)15-17-27(22,23)4/h11,18-19,21-24H,5-10,12-17H2,1-4H3,(H,28,29)/t18-,19?,21?,22-,23?,24?,26+,27-/m1/s1. The van der Waals surface area contributed by atoms with E-state index in [2.05, 4.69) is 26.8 Å². The lowest BCUT2D eigenvalue weighted by molar-refractivity contribution is -0.141. The van der Waals surface area contributed by atoms with Crippen LogP contribution in [-0.2, 0) is 4.79 Å². The topological polar surface area (TPSA) is 37.3 Å². The summed E-state index contributed by atoms with van der Waals surface area (Å²) < 4.78 is 0. The van der Waals surface area contributed by atoms with Gasteiger partial charge in [0.25, 0.3) is 0 Å². The molecule has 0 spiro atoms. The van der Waals surface area contributed by atoms with E-state index in [1.807, 2.05) is 12.5 Å². The summed E-state index contributed by atoms with van der Waals surface area (Å²) in [5.41, 5.74) is 2.86. The van der Waals surface area contributed by atoms with Crippen LogP contribution in [0.1, 0.15) is 105 Å². The van der Waals surface area contributed by atoms with Crippen LogP contribution in [0.5, 0.6) is 0 Å². The molecule has 0 heterocycles. The van der Waals surface area contributed by atoms with Crippen LogP contribution in [0.3, 0.4) is 0 Å². The second kappa shape index (κ2) is 8.04. The fourth-order valence-corrected chi connectivity index (χ4v) is 8.74. The summed E-state index contributed by atoms with van der Waals surface area (Å²) in [5, 5.41) is 9.16. The zero-order valence-electron chi connectivity index (χ0n) is 19.4. The second-order valence-corrected chi connectivity index (χ2v) is 11.8. The molecule has 2 heteroatoms. The Hall–Kier alpha value is -0.790. The molecule has 2 nitrogen and oxygen atoms in total. The summed E-state index contributed by atoms with van der Waals surface area (Å²) in [6, 6.07) is 0. The van der Waals surface area contributed by atoms with E-state index in [4.69, 9.17) is 5.11 Å². The predicted molar refractivity (Wildman–Crippen MR) is 120 cm³/mol. The lowest BCUT2D eigenvalue weighted by Crippen LogP contribution is -2.50. The first-order valence-corrected chi connectivity index (χ1v) is 12.7.